The van der Waals surface area contributed by atoms with E-state index in [1.807, 2.05) is 0 Å². The van der Waals surface area contributed by atoms with E-state index in [-0.39, 0.29) is 18.9 Å². The Morgan fingerprint density at radius 2 is 1.93 bits per heavy atom. The predicted molar refractivity (Wildman–Crippen MR) is 102 cm³/mol. The first kappa shape index (κ1) is 20.2. The number of nitrogens with one attached hydrogen (secondary N) is 2. The van der Waals surface area contributed by atoms with Crippen LogP contribution in [0.2, 0.25) is 0 Å². The van der Waals surface area contributed by atoms with Crippen molar-refractivity contribution in [2.24, 2.45) is 5.92 Å². The molecule has 1 saturated heterocycles. The monoisotopic (exact) mass is 401 g/mol. The zero-order chi connectivity index (χ0) is 20.8. The molecule has 0 bridgehead atoms. The third-order valence-electron chi connectivity index (χ3n) is 4.56. The van der Waals surface area contributed by atoms with Gasteiger partial charge in [0.1, 0.15) is 17.3 Å². The number of likely N-dealkylation sites (tertiary alicyclic amines) is 1. The fraction of sp³-hybridized carbons (Fsp3) is 0.350. The van der Waals surface area contributed by atoms with Gasteiger partial charge in [0.05, 0.1) is 25.8 Å². The third kappa shape index (κ3) is 5.28. The maximum Gasteiger partial charge on any atom is 0.279 e. The van der Waals surface area contributed by atoms with E-state index in [0.717, 1.165) is 0 Å². The fourth-order valence-electron chi connectivity index (χ4n) is 2.93. The molecule has 2 aromatic rings. The summed E-state index contributed by atoms with van der Waals surface area (Å²) < 4.78 is 15.8. The molecule has 1 fully saturated rings. The Morgan fingerprint density at radius 3 is 2.59 bits per heavy atom. The Morgan fingerprint density at radius 1 is 1.21 bits per heavy atom. The molecule has 2 heterocycles. The minimum atomic E-state index is -0.829. The lowest BCUT2D eigenvalue weighted by atomic mass is 10.1. The molecule has 2 atom stereocenters. The molecule has 2 N–H and O–H groups in total. The highest BCUT2D eigenvalue weighted by atomic mass is 16.5. The SMILES string of the molecule is COc1ccc(OC(C)C(=O)NNC(=O)C2CC(=O)N(Cc3ccco3)C2)cc1. The summed E-state index contributed by atoms with van der Waals surface area (Å²) in [5, 5.41) is 0. The zero-order valence-corrected chi connectivity index (χ0v) is 16.2. The summed E-state index contributed by atoms with van der Waals surface area (Å²) in [6, 6.07) is 10.3. The predicted octanol–water partition coefficient (Wildman–Crippen LogP) is 1.25. The minimum Gasteiger partial charge on any atom is -0.497 e. The summed E-state index contributed by atoms with van der Waals surface area (Å²) in [4.78, 5) is 38.1. The topological polar surface area (TPSA) is 110 Å². The molecule has 2 unspecified atom stereocenters. The molecule has 9 nitrogen and oxygen atoms in total. The van der Waals surface area contributed by atoms with Crippen molar-refractivity contribution < 1.29 is 28.3 Å². The lowest BCUT2D eigenvalue weighted by Gasteiger charge is -2.17. The number of hydrogen-bond acceptors (Lipinski definition) is 6. The van der Waals surface area contributed by atoms with Crippen LogP contribution in [0.1, 0.15) is 19.1 Å². The maximum atomic E-state index is 12.3. The third-order valence-corrected chi connectivity index (χ3v) is 4.56. The smallest absolute Gasteiger partial charge is 0.279 e. The van der Waals surface area contributed by atoms with E-state index in [9.17, 15) is 14.4 Å². The van der Waals surface area contributed by atoms with Crippen LogP contribution in [0.3, 0.4) is 0 Å². The molecular formula is C20H23N3O6. The minimum absolute atomic E-state index is 0.0836. The van der Waals surface area contributed by atoms with Crippen LogP contribution in [0.4, 0.5) is 0 Å². The molecule has 3 amide bonds. The van der Waals surface area contributed by atoms with Crippen LogP contribution < -0.4 is 20.3 Å². The van der Waals surface area contributed by atoms with Crippen LogP contribution in [0.15, 0.2) is 47.1 Å². The van der Waals surface area contributed by atoms with E-state index in [1.165, 1.54) is 6.26 Å². The van der Waals surface area contributed by atoms with Crippen LogP contribution in [0.25, 0.3) is 0 Å². The van der Waals surface area contributed by atoms with Crippen LogP contribution in [0.5, 0.6) is 11.5 Å². The molecule has 0 aliphatic carbocycles. The average molecular weight is 401 g/mol. The molecule has 0 saturated carbocycles. The van der Waals surface area contributed by atoms with E-state index in [4.69, 9.17) is 13.9 Å². The summed E-state index contributed by atoms with van der Waals surface area (Å²) in [6.07, 6.45) is 0.787. The number of hydrogen-bond donors (Lipinski definition) is 2. The molecule has 154 valence electrons. The second kappa shape index (κ2) is 9.13. The molecule has 1 aromatic heterocycles. The van der Waals surface area contributed by atoms with Crippen molar-refractivity contribution >= 4 is 17.7 Å². The van der Waals surface area contributed by atoms with Gasteiger partial charge in [-0.25, -0.2) is 0 Å². The number of amides is 3. The lowest BCUT2D eigenvalue weighted by molar-refractivity contribution is -0.134. The normalized spacial score (nSPS) is 17.0. The Hall–Kier alpha value is -3.49. The number of ether oxygens (including phenoxy) is 2. The van der Waals surface area contributed by atoms with Crippen LogP contribution in [0, 0.1) is 5.92 Å². The molecule has 9 heteroatoms. The number of methoxy groups -OCH3 is 1. The van der Waals surface area contributed by atoms with Crippen LogP contribution in [-0.2, 0) is 20.9 Å². The van der Waals surface area contributed by atoms with Crippen molar-refractivity contribution in [2.75, 3.05) is 13.7 Å². The second-order valence-corrected chi connectivity index (χ2v) is 6.67. The quantitative estimate of drug-likeness (QED) is 0.676. The summed E-state index contributed by atoms with van der Waals surface area (Å²) in [6.45, 7) is 2.14. The van der Waals surface area contributed by atoms with Crippen molar-refractivity contribution in [1.29, 1.82) is 0 Å². The largest absolute Gasteiger partial charge is 0.497 e. The number of rotatable bonds is 7. The average Bonchev–Trinajstić information content (AvgIpc) is 3.36. The van der Waals surface area contributed by atoms with E-state index < -0.39 is 23.8 Å². The molecular weight excluding hydrogens is 378 g/mol. The van der Waals surface area contributed by atoms with Gasteiger partial charge >= 0.3 is 0 Å². The van der Waals surface area contributed by atoms with Gasteiger partial charge in [0.15, 0.2) is 6.10 Å². The highest BCUT2D eigenvalue weighted by Gasteiger charge is 2.35. The van der Waals surface area contributed by atoms with Crippen molar-refractivity contribution in [2.45, 2.75) is 26.0 Å². The molecule has 0 spiro atoms. The number of hydrazine groups is 1. The number of carbonyl (C=O) groups is 3. The second-order valence-electron chi connectivity index (χ2n) is 6.67. The molecule has 1 aliphatic heterocycles. The summed E-state index contributed by atoms with van der Waals surface area (Å²) >= 11 is 0. The highest BCUT2D eigenvalue weighted by molar-refractivity contribution is 5.90. The van der Waals surface area contributed by atoms with E-state index in [0.29, 0.717) is 23.8 Å². The van der Waals surface area contributed by atoms with Gasteiger partial charge in [-0.15, -0.1) is 0 Å². The first-order valence-corrected chi connectivity index (χ1v) is 9.17. The van der Waals surface area contributed by atoms with Crippen LogP contribution in [-0.4, -0.2) is 42.4 Å². The van der Waals surface area contributed by atoms with Crippen molar-refractivity contribution in [1.82, 2.24) is 15.8 Å². The Balaban J connectivity index is 1.44. The summed E-state index contributed by atoms with van der Waals surface area (Å²) in [5.41, 5.74) is 4.71. The summed E-state index contributed by atoms with van der Waals surface area (Å²) in [5.74, 6) is 0.205. The summed E-state index contributed by atoms with van der Waals surface area (Å²) in [7, 11) is 1.56. The van der Waals surface area contributed by atoms with E-state index >= 15 is 0 Å². The maximum absolute atomic E-state index is 12.3. The Labute approximate surface area is 167 Å². The molecule has 0 radical (unpaired) electrons. The zero-order valence-electron chi connectivity index (χ0n) is 16.2. The number of carbonyl (C=O) groups excluding carboxylic acids is 3. The van der Waals surface area contributed by atoms with Crippen molar-refractivity contribution in [3.63, 3.8) is 0 Å². The van der Waals surface area contributed by atoms with Gasteiger partial charge in [0.2, 0.25) is 11.8 Å². The van der Waals surface area contributed by atoms with Gasteiger partial charge in [-0.2, -0.15) is 0 Å². The standard InChI is InChI=1S/C20H23N3O6/c1-13(29-16-7-5-15(27-2)6-8-16)19(25)21-22-20(26)14-10-18(24)23(11-14)12-17-4-3-9-28-17/h3-9,13-14H,10-12H2,1-2H3,(H,21,25)(H,22,26). The highest BCUT2D eigenvalue weighted by Crippen LogP contribution is 2.21. The Bertz CT molecular complexity index is 850. The van der Waals surface area contributed by atoms with Gasteiger partial charge < -0.3 is 18.8 Å². The van der Waals surface area contributed by atoms with Gasteiger partial charge in [0, 0.05) is 13.0 Å². The van der Waals surface area contributed by atoms with Gasteiger partial charge in [0.25, 0.3) is 5.91 Å². The lowest BCUT2D eigenvalue weighted by Crippen LogP contribution is -2.49. The Kier molecular flexibility index (Phi) is 6.38. The number of nitrogens with zero attached hydrogens (tertiary/aromatic N) is 1. The van der Waals surface area contributed by atoms with Gasteiger partial charge in [-0.05, 0) is 43.3 Å². The van der Waals surface area contributed by atoms with Crippen molar-refractivity contribution in [3.05, 3.63) is 48.4 Å². The number of benzene rings is 1. The molecule has 3 rings (SSSR count). The molecule has 29 heavy (non-hydrogen) atoms. The number of furan rings is 1. The fourth-order valence-corrected chi connectivity index (χ4v) is 2.93. The van der Waals surface area contributed by atoms with E-state index in [1.54, 1.807) is 55.3 Å². The van der Waals surface area contributed by atoms with E-state index in [2.05, 4.69) is 10.9 Å². The van der Waals surface area contributed by atoms with Gasteiger partial charge in [-0.3, -0.25) is 25.2 Å². The van der Waals surface area contributed by atoms with Crippen molar-refractivity contribution in [3.8, 4) is 11.5 Å². The van der Waals surface area contributed by atoms with Crippen LogP contribution >= 0.6 is 0 Å². The van der Waals surface area contributed by atoms with Gasteiger partial charge in [-0.1, -0.05) is 0 Å². The molecule has 1 aromatic carbocycles. The first-order chi connectivity index (χ1) is 14.0. The molecule has 1 aliphatic rings. The first-order valence-electron chi connectivity index (χ1n) is 9.17.